The Labute approximate surface area is 196 Å². The quantitative estimate of drug-likeness (QED) is 0.649. The van der Waals surface area contributed by atoms with Crippen molar-refractivity contribution in [1.82, 2.24) is 14.7 Å². The van der Waals surface area contributed by atoms with E-state index in [0.29, 0.717) is 27.1 Å². The van der Waals surface area contributed by atoms with Gasteiger partial charge in [0, 0.05) is 19.3 Å². The number of aliphatic hydroxyl groups is 1. The van der Waals surface area contributed by atoms with E-state index in [-0.39, 0.29) is 23.5 Å². The molecule has 2 aromatic rings. The van der Waals surface area contributed by atoms with Crippen molar-refractivity contribution >= 4 is 33.6 Å². The molecule has 0 saturated heterocycles. The van der Waals surface area contributed by atoms with Crippen molar-refractivity contribution in [3.63, 3.8) is 0 Å². The monoisotopic (exact) mass is 498 g/mol. The number of aromatic nitrogens is 2. The third-order valence-corrected chi connectivity index (χ3v) is 6.98. The summed E-state index contributed by atoms with van der Waals surface area (Å²) in [5, 5.41) is 29.1. The number of halogens is 3. The number of nitrogens with zero attached hydrogens (tertiary/aromatic N) is 6. The molecule has 0 fully saturated rings. The van der Waals surface area contributed by atoms with Gasteiger partial charge in [-0.25, -0.2) is 4.68 Å². The summed E-state index contributed by atoms with van der Waals surface area (Å²) in [5.74, 6) is 0.204. The van der Waals surface area contributed by atoms with E-state index in [1.165, 1.54) is 33.7 Å². The first-order chi connectivity index (χ1) is 15.5. The zero-order chi connectivity index (χ0) is 24.3. The summed E-state index contributed by atoms with van der Waals surface area (Å²) >= 11 is 2.34. The van der Waals surface area contributed by atoms with Gasteiger partial charge in [0.05, 0.1) is 41.7 Å². The number of rotatable bonds is 6. The van der Waals surface area contributed by atoms with Crippen molar-refractivity contribution in [3.8, 4) is 6.07 Å². The Morgan fingerprint density at radius 2 is 2.09 bits per heavy atom. The van der Waals surface area contributed by atoms with Crippen LogP contribution in [-0.2, 0) is 11.9 Å². The number of benzene rings is 1. The van der Waals surface area contributed by atoms with Crippen LogP contribution in [0.25, 0.3) is 0 Å². The first-order valence-electron chi connectivity index (χ1n) is 9.65. The zero-order valence-electron chi connectivity index (χ0n) is 18.0. The Hall–Kier alpha value is -2.53. The molecule has 33 heavy (non-hydrogen) atoms. The Morgan fingerprint density at radius 3 is 2.70 bits per heavy atom. The van der Waals surface area contributed by atoms with Crippen LogP contribution in [0.4, 0.5) is 18.9 Å². The van der Waals surface area contributed by atoms with Gasteiger partial charge in [-0.05, 0) is 31.8 Å². The number of anilines is 1. The van der Waals surface area contributed by atoms with Crippen molar-refractivity contribution in [3.05, 3.63) is 51.4 Å². The number of hydrogen-bond acceptors (Lipinski definition) is 9. The van der Waals surface area contributed by atoms with Crippen molar-refractivity contribution in [2.24, 2.45) is 5.10 Å². The second-order valence-electron chi connectivity index (χ2n) is 7.47. The maximum Gasteiger partial charge on any atom is 0.416 e. The number of aliphatic hydroxyl groups excluding tert-OH is 1. The topological polar surface area (TPSA) is 97.8 Å². The molecule has 1 aromatic heterocycles. The lowest BCUT2D eigenvalue weighted by molar-refractivity contribution is -0.137. The Bertz CT molecular complexity index is 1160. The van der Waals surface area contributed by atoms with Crippen LogP contribution >= 0.6 is 23.5 Å². The highest BCUT2D eigenvalue weighted by atomic mass is 32.2. The van der Waals surface area contributed by atoms with E-state index in [4.69, 9.17) is 0 Å². The van der Waals surface area contributed by atoms with Crippen LogP contribution in [-0.4, -0.2) is 58.5 Å². The molecule has 1 aliphatic rings. The molecular weight excluding hydrogens is 477 g/mol. The molecule has 0 radical (unpaired) electrons. The summed E-state index contributed by atoms with van der Waals surface area (Å²) in [5.41, 5.74) is -0.362. The van der Waals surface area contributed by atoms with Crippen LogP contribution in [0.2, 0.25) is 0 Å². The number of nitriles is 1. The van der Waals surface area contributed by atoms with Crippen molar-refractivity contribution < 1.29 is 18.3 Å². The molecule has 0 bridgehead atoms. The van der Waals surface area contributed by atoms with Crippen LogP contribution in [0.15, 0.2) is 39.2 Å². The standard InChI is InChI=1S/C20H21F3N6O2S2/c1-27(2)9-15(10-30)29-18(31)17-16(8-25-29)28(3)26-19(33-17)32-11-12-4-5-14(20(21,22)23)6-13(12)7-24/h4-6,8,15,30H,9-11H2,1-3H3. The van der Waals surface area contributed by atoms with Gasteiger partial charge in [-0.1, -0.05) is 29.6 Å². The Balaban J connectivity index is 1.83. The normalized spacial score (nSPS) is 14.6. The fourth-order valence-corrected chi connectivity index (χ4v) is 5.31. The molecule has 0 saturated carbocycles. The van der Waals surface area contributed by atoms with Crippen molar-refractivity contribution in [2.45, 2.75) is 22.9 Å². The SMILES string of the molecule is CN(C)CC(CO)n1ncc2c(c1=O)SC(SCc1ccc(C(F)(F)F)cc1C#N)=NN2C. The molecule has 8 nitrogen and oxygen atoms in total. The predicted molar refractivity (Wildman–Crippen MR) is 122 cm³/mol. The van der Waals surface area contributed by atoms with E-state index in [2.05, 4.69) is 10.2 Å². The van der Waals surface area contributed by atoms with Gasteiger partial charge in [-0.15, -0.1) is 0 Å². The van der Waals surface area contributed by atoms with Crippen LogP contribution < -0.4 is 10.6 Å². The first-order valence-corrected chi connectivity index (χ1v) is 11.5. The third-order valence-electron chi connectivity index (χ3n) is 4.75. The molecule has 13 heteroatoms. The van der Waals surface area contributed by atoms with Crippen molar-refractivity contribution in [1.29, 1.82) is 5.26 Å². The average molecular weight is 499 g/mol. The maximum atomic E-state index is 13.1. The van der Waals surface area contributed by atoms with Gasteiger partial charge in [-0.2, -0.15) is 28.6 Å². The summed E-state index contributed by atoms with van der Waals surface area (Å²) in [6.45, 7) is 0.161. The summed E-state index contributed by atoms with van der Waals surface area (Å²) in [7, 11) is 5.31. The van der Waals surface area contributed by atoms with Gasteiger partial charge in [-0.3, -0.25) is 9.80 Å². The highest BCUT2D eigenvalue weighted by Crippen LogP contribution is 2.37. The van der Waals surface area contributed by atoms with Gasteiger partial charge < -0.3 is 10.0 Å². The minimum absolute atomic E-state index is 0.0616. The Kier molecular flexibility index (Phi) is 7.73. The van der Waals surface area contributed by atoms with Crippen LogP contribution in [0.1, 0.15) is 22.7 Å². The molecule has 176 valence electrons. The van der Waals surface area contributed by atoms with E-state index in [1.54, 1.807) is 7.05 Å². The van der Waals surface area contributed by atoms with Gasteiger partial charge in [0.15, 0.2) is 4.38 Å². The molecule has 1 aliphatic heterocycles. The third kappa shape index (κ3) is 5.70. The molecule has 0 amide bonds. The maximum absolute atomic E-state index is 13.1. The van der Waals surface area contributed by atoms with Crippen molar-refractivity contribution in [2.75, 3.05) is 39.3 Å². The first kappa shape index (κ1) is 25.1. The van der Waals surface area contributed by atoms with Crippen LogP contribution in [0.3, 0.4) is 0 Å². The minimum atomic E-state index is -4.53. The molecule has 3 rings (SSSR count). The van der Waals surface area contributed by atoms with Gasteiger partial charge in [0.2, 0.25) is 0 Å². The molecule has 2 heterocycles. The minimum Gasteiger partial charge on any atom is -0.394 e. The van der Waals surface area contributed by atoms with E-state index in [1.807, 2.05) is 25.1 Å². The van der Waals surface area contributed by atoms with E-state index < -0.39 is 17.8 Å². The van der Waals surface area contributed by atoms with Crippen LogP contribution in [0, 0.1) is 11.3 Å². The summed E-state index contributed by atoms with van der Waals surface area (Å²) in [6, 6.07) is 4.34. The molecular formula is C20H21F3N6O2S2. The number of alkyl halides is 3. The summed E-state index contributed by atoms with van der Waals surface area (Å²) in [6.07, 6.45) is -3.02. The van der Waals surface area contributed by atoms with Gasteiger partial charge in [0.1, 0.15) is 4.90 Å². The number of thioether (sulfide) groups is 2. The summed E-state index contributed by atoms with van der Waals surface area (Å²) in [4.78, 5) is 15.3. The molecule has 0 spiro atoms. The number of hydrogen-bond donors (Lipinski definition) is 1. The molecule has 0 aliphatic carbocycles. The lowest BCUT2D eigenvalue weighted by atomic mass is 10.1. The highest BCUT2D eigenvalue weighted by molar-refractivity contribution is 8.38. The van der Waals surface area contributed by atoms with Crippen LogP contribution in [0.5, 0.6) is 0 Å². The van der Waals surface area contributed by atoms with Gasteiger partial charge in [0.25, 0.3) is 5.56 Å². The summed E-state index contributed by atoms with van der Waals surface area (Å²) < 4.78 is 40.5. The lowest BCUT2D eigenvalue weighted by Crippen LogP contribution is -2.37. The largest absolute Gasteiger partial charge is 0.416 e. The molecule has 1 unspecified atom stereocenters. The van der Waals surface area contributed by atoms with Gasteiger partial charge >= 0.3 is 6.18 Å². The molecule has 1 N–H and O–H groups in total. The van der Waals surface area contributed by atoms with E-state index in [0.717, 1.165) is 23.9 Å². The van der Waals surface area contributed by atoms with E-state index >= 15 is 0 Å². The number of likely N-dealkylation sites (N-methyl/N-ethyl adjacent to an activating group) is 1. The fourth-order valence-electron chi connectivity index (χ4n) is 3.13. The second-order valence-corrected chi connectivity index (χ2v) is 9.69. The number of fused-ring (bicyclic) bond motifs is 1. The second kappa shape index (κ2) is 10.2. The Morgan fingerprint density at radius 1 is 1.36 bits per heavy atom. The smallest absolute Gasteiger partial charge is 0.394 e. The molecule has 1 atom stereocenters. The average Bonchev–Trinajstić information content (AvgIpc) is 2.76. The lowest BCUT2D eigenvalue weighted by Gasteiger charge is -2.25. The number of hydrazone groups is 1. The predicted octanol–water partition coefficient (Wildman–Crippen LogP) is 2.98. The van der Waals surface area contributed by atoms with E-state index in [9.17, 15) is 28.3 Å². The zero-order valence-corrected chi connectivity index (χ0v) is 19.6. The highest BCUT2D eigenvalue weighted by Gasteiger charge is 2.31. The molecule has 1 aromatic carbocycles. The fraction of sp³-hybridized carbons (Fsp3) is 0.400.